The number of nitrogens with zero attached hydrogens (tertiary/aromatic N) is 1. The van der Waals surface area contributed by atoms with Crippen LogP contribution in [-0.2, 0) is 11.2 Å². The van der Waals surface area contributed by atoms with Crippen LogP contribution in [0.3, 0.4) is 0 Å². The number of aryl methyl sites for hydroxylation is 1. The molecule has 2 nitrogen and oxygen atoms in total. The summed E-state index contributed by atoms with van der Waals surface area (Å²) in [6.45, 7) is 2.10. The summed E-state index contributed by atoms with van der Waals surface area (Å²) in [6, 6.07) is 5.06. The Labute approximate surface area is 120 Å². The molecular formula is C17H22FNO. The molecule has 0 saturated heterocycles. The minimum absolute atomic E-state index is 0.169. The average molecular weight is 275 g/mol. The molecule has 1 fully saturated rings. The molecule has 1 atom stereocenters. The van der Waals surface area contributed by atoms with Crippen molar-refractivity contribution in [2.24, 2.45) is 5.92 Å². The molecule has 20 heavy (non-hydrogen) atoms. The van der Waals surface area contributed by atoms with Gasteiger partial charge in [-0.15, -0.1) is 0 Å². The second kappa shape index (κ2) is 5.55. The van der Waals surface area contributed by atoms with E-state index in [9.17, 15) is 9.18 Å². The van der Waals surface area contributed by atoms with Crippen LogP contribution in [0.2, 0.25) is 0 Å². The van der Waals surface area contributed by atoms with Gasteiger partial charge in [0.25, 0.3) is 0 Å². The van der Waals surface area contributed by atoms with E-state index in [-0.39, 0.29) is 23.7 Å². The van der Waals surface area contributed by atoms with E-state index in [4.69, 9.17) is 0 Å². The van der Waals surface area contributed by atoms with E-state index in [2.05, 4.69) is 6.92 Å². The summed E-state index contributed by atoms with van der Waals surface area (Å²) in [5, 5.41) is 0. The first-order valence-electron chi connectivity index (χ1n) is 7.78. The molecule has 3 rings (SSSR count). The number of anilines is 1. The average Bonchev–Trinajstić information content (AvgIpc) is 2.48. The van der Waals surface area contributed by atoms with Gasteiger partial charge in [0.2, 0.25) is 5.91 Å². The normalized spacial score (nSPS) is 23.5. The molecule has 1 amide bonds. The first kappa shape index (κ1) is 13.6. The lowest BCUT2D eigenvalue weighted by Crippen LogP contribution is -2.45. The van der Waals surface area contributed by atoms with Gasteiger partial charge in [0.15, 0.2) is 0 Å². The van der Waals surface area contributed by atoms with Gasteiger partial charge in [-0.05, 0) is 56.4 Å². The summed E-state index contributed by atoms with van der Waals surface area (Å²) in [6.07, 6.45) is 7.39. The van der Waals surface area contributed by atoms with Gasteiger partial charge in [-0.3, -0.25) is 4.79 Å². The molecule has 2 aliphatic rings. The number of fused-ring (bicyclic) bond motifs is 1. The number of hydrogen-bond acceptors (Lipinski definition) is 1. The standard InChI is InChI=1S/C17H22FNO/c1-12-7-8-14-11-15(18)9-10-16(14)19(12)17(20)13-5-3-2-4-6-13/h9-13H,2-8H2,1H3/t12-/m1/s1. The topological polar surface area (TPSA) is 20.3 Å². The molecule has 0 unspecified atom stereocenters. The van der Waals surface area contributed by atoms with E-state index in [1.54, 1.807) is 12.1 Å². The van der Waals surface area contributed by atoms with Gasteiger partial charge in [-0.25, -0.2) is 4.39 Å². The first-order chi connectivity index (χ1) is 9.66. The Kier molecular flexibility index (Phi) is 3.77. The van der Waals surface area contributed by atoms with Crippen LogP contribution < -0.4 is 4.90 Å². The molecule has 1 aromatic rings. The molecule has 0 aromatic heterocycles. The molecule has 1 aliphatic heterocycles. The molecule has 3 heteroatoms. The first-order valence-corrected chi connectivity index (χ1v) is 7.78. The number of halogens is 1. The lowest BCUT2D eigenvalue weighted by atomic mass is 9.86. The number of rotatable bonds is 1. The van der Waals surface area contributed by atoms with Crippen LogP contribution in [0.1, 0.15) is 51.0 Å². The lowest BCUT2D eigenvalue weighted by Gasteiger charge is -2.38. The highest BCUT2D eigenvalue weighted by molar-refractivity contribution is 5.96. The van der Waals surface area contributed by atoms with E-state index in [1.807, 2.05) is 4.90 Å². The van der Waals surface area contributed by atoms with E-state index in [0.29, 0.717) is 0 Å². The van der Waals surface area contributed by atoms with Gasteiger partial charge in [0.1, 0.15) is 5.82 Å². The zero-order valence-electron chi connectivity index (χ0n) is 12.1. The van der Waals surface area contributed by atoms with Crippen molar-refractivity contribution >= 4 is 11.6 Å². The molecule has 0 spiro atoms. The summed E-state index contributed by atoms with van der Waals surface area (Å²) >= 11 is 0. The molecule has 1 aromatic carbocycles. The molecule has 0 radical (unpaired) electrons. The predicted molar refractivity (Wildman–Crippen MR) is 78.2 cm³/mol. The van der Waals surface area contributed by atoms with E-state index in [1.165, 1.54) is 12.5 Å². The summed E-state index contributed by atoms with van der Waals surface area (Å²) in [4.78, 5) is 14.8. The molecular weight excluding hydrogens is 253 g/mol. The quantitative estimate of drug-likeness (QED) is 0.756. The van der Waals surface area contributed by atoms with Gasteiger partial charge in [0.05, 0.1) is 0 Å². The fourth-order valence-corrected chi connectivity index (χ4v) is 3.60. The Morgan fingerprint density at radius 3 is 2.70 bits per heavy atom. The fourth-order valence-electron chi connectivity index (χ4n) is 3.60. The third-order valence-electron chi connectivity index (χ3n) is 4.77. The maximum Gasteiger partial charge on any atom is 0.230 e. The van der Waals surface area contributed by atoms with Crippen molar-refractivity contribution in [2.75, 3.05) is 4.90 Å². The second-order valence-electron chi connectivity index (χ2n) is 6.20. The highest BCUT2D eigenvalue weighted by atomic mass is 19.1. The lowest BCUT2D eigenvalue weighted by molar-refractivity contribution is -0.123. The summed E-state index contributed by atoms with van der Waals surface area (Å²) in [5.41, 5.74) is 1.91. The van der Waals surface area contributed by atoms with Crippen LogP contribution in [-0.4, -0.2) is 11.9 Å². The Morgan fingerprint density at radius 1 is 1.20 bits per heavy atom. The zero-order valence-corrected chi connectivity index (χ0v) is 12.1. The number of hydrogen-bond donors (Lipinski definition) is 0. The monoisotopic (exact) mass is 275 g/mol. The SMILES string of the molecule is C[C@@H]1CCc2cc(F)ccc2N1C(=O)C1CCCCC1. The Balaban J connectivity index is 1.90. The molecule has 1 heterocycles. The van der Waals surface area contributed by atoms with Gasteiger partial charge in [-0.1, -0.05) is 19.3 Å². The smallest absolute Gasteiger partial charge is 0.230 e. The van der Waals surface area contributed by atoms with Crippen molar-refractivity contribution in [1.82, 2.24) is 0 Å². The summed E-state index contributed by atoms with van der Waals surface area (Å²) in [7, 11) is 0. The maximum atomic E-state index is 13.4. The highest BCUT2D eigenvalue weighted by Gasteiger charge is 2.33. The molecule has 1 saturated carbocycles. The Hall–Kier alpha value is -1.38. The summed E-state index contributed by atoms with van der Waals surface area (Å²) < 4.78 is 13.4. The summed E-state index contributed by atoms with van der Waals surface area (Å²) in [5.74, 6) is 0.218. The third-order valence-corrected chi connectivity index (χ3v) is 4.77. The third kappa shape index (κ3) is 2.46. The minimum atomic E-state index is -0.205. The van der Waals surface area contributed by atoms with Crippen LogP contribution in [0.5, 0.6) is 0 Å². The van der Waals surface area contributed by atoms with Crippen molar-refractivity contribution in [3.05, 3.63) is 29.6 Å². The van der Waals surface area contributed by atoms with E-state index in [0.717, 1.165) is 49.8 Å². The van der Waals surface area contributed by atoms with Crippen LogP contribution >= 0.6 is 0 Å². The van der Waals surface area contributed by atoms with Crippen LogP contribution in [0.4, 0.5) is 10.1 Å². The Morgan fingerprint density at radius 2 is 1.95 bits per heavy atom. The molecule has 108 valence electrons. The van der Waals surface area contributed by atoms with Crippen LogP contribution in [0.15, 0.2) is 18.2 Å². The molecule has 0 N–H and O–H groups in total. The van der Waals surface area contributed by atoms with E-state index >= 15 is 0 Å². The predicted octanol–water partition coefficient (Wildman–Crippen LogP) is 4.07. The Bertz CT molecular complexity index is 508. The van der Waals surface area contributed by atoms with E-state index < -0.39 is 0 Å². The number of amides is 1. The largest absolute Gasteiger partial charge is 0.309 e. The number of carbonyl (C=O) groups is 1. The van der Waals surface area contributed by atoms with Gasteiger partial charge < -0.3 is 4.90 Å². The number of benzene rings is 1. The van der Waals surface area contributed by atoms with Gasteiger partial charge in [0, 0.05) is 17.6 Å². The van der Waals surface area contributed by atoms with Crippen molar-refractivity contribution in [3.63, 3.8) is 0 Å². The van der Waals surface area contributed by atoms with Crippen molar-refractivity contribution < 1.29 is 9.18 Å². The van der Waals surface area contributed by atoms with Crippen molar-refractivity contribution in [2.45, 2.75) is 57.9 Å². The maximum absolute atomic E-state index is 13.4. The second-order valence-corrected chi connectivity index (χ2v) is 6.20. The van der Waals surface area contributed by atoms with Gasteiger partial charge >= 0.3 is 0 Å². The zero-order chi connectivity index (χ0) is 14.1. The molecule has 1 aliphatic carbocycles. The molecule has 0 bridgehead atoms. The van der Waals surface area contributed by atoms with Crippen LogP contribution in [0.25, 0.3) is 0 Å². The van der Waals surface area contributed by atoms with Gasteiger partial charge in [-0.2, -0.15) is 0 Å². The van der Waals surface area contributed by atoms with Crippen LogP contribution in [0, 0.1) is 11.7 Å². The highest BCUT2D eigenvalue weighted by Crippen LogP contribution is 2.35. The minimum Gasteiger partial charge on any atom is -0.309 e. The number of carbonyl (C=O) groups excluding carboxylic acids is 1. The fraction of sp³-hybridized carbons (Fsp3) is 0.588. The van der Waals surface area contributed by atoms with Crippen molar-refractivity contribution in [1.29, 1.82) is 0 Å². The van der Waals surface area contributed by atoms with Crippen molar-refractivity contribution in [3.8, 4) is 0 Å².